The largest absolute Gasteiger partial charge is 0.341 e. The van der Waals surface area contributed by atoms with Crippen molar-refractivity contribution in [1.29, 1.82) is 0 Å². The van der Waals surface area contributed by atoms with Crippen LogP contribution in [-0.2, 0) is 11.2 Å². The maximum atomic E-state index is 13.5. The number of carbonyl (C=O) groups excluding carboxylic acids is 1. The van der Waals surface area contributed by atoms with Gasteiger partial charge in [0.15, 0.2) is 0 Å². The third-order valence-corrected chi connectivity index (χ3v) is 3.88. The minimum absolute atomic E-state index is 0. The number of hydrogen-bond donors (Lipinski definition) is 1. The molecule has 1 unspecified atom stereocenters. The molecule has 1 aliphatic rings. The number of rotatable bonds is 4. The highest BCUT2D eigenvalue weighted by molar-refractivity contribution is 5.85. The summed E-state index contributed by atoms with van der Waals surface area (Å²) in [5, 5.41) is 0. The number of amides is 1. The summed E-state index contributed by atoms with van der Waals surface area (Å²) in [4.78, 5) is 13.4. The highest BCUT2D eigenvalue weighted by Crippen LogP contribution is 2.22. The van der Waals surface area contributed by atoms with Crippen LogP contribution < -0.4 is 5.73 Å². The Bertz CT molecular complexity index is 485. The van der Waals surface area contributed by atoms with Gasteiger partial charge in [0.25, 0.3) is 0 Å². The quantitative estimate of drug-likeness (QED) is 0.927. The standard InChI is InChI=1S/C15H20F2N2O.ClH/c16-13-6-5-12(14(17)8-13)4-3-11-2-1-7-19(10-11)15(20)9-18;/h5-6,8,11H,1-4,7,9-10,18H2;1H. The van der Waals surface area contributed by atoms with Gasteiger partial charge in [-0.05, 0) is 43.2 Å². The number of hydrogen-bond acceptors (Lipinski definition) is 2. The predicted molar refractivity (Wildman–Crippen MR) is 80.3 cm³/mol. The van der Waals surface area contributed by atoms with Gasteiger partial charge in [-0.15, -0.1) is 12.4 Å². The van der Waals surface area contributed by atoms with Gasteiger partial charge in [0, 0.05) is 19.2 Å². The monoisotopic (exact) mass is 318 g/mol. The molecule has 1 aromatic rings. The molecule has 6 heteroatoms. The zero-order valence-electron chi connectivity index (χ0n) is 11.9. The van der Waals surface area contributed by atoms with Crippen molar-refractivity contribution in [2.24, 2.45) is 11.7 Å². The first-order valence-corrected chi connectivity index (χ1v) is 7.02. The number of nitrogens with zero attached hydrogens (tertiary/aromatic N) is 1. The summed E-state index contributed by atoms with van der Waals surface area (Å²) in [6.45, 7) is 1.50. The van der Waals surface area contributed by atoms with Crippen molar-refractivity contribution < 1.29 is 13.6 Å². The van der Waals surface area contributed by atoms with E-state index in [4.69, 9.17) is 5.73 Å². The first kappa shape index (κ1) is 17.9. The van der Waals surface area contributed by atoms with Crippen LogP contribution in [0.4, 0.5) is 8.78 Å². The predicted octanol–water partition coefficient (Wildman–Crippen LogP) is 2.52. The number of piperidine rings is 1. The van der Waals surface area contributed by atoms with E-state index in [0.29, 0.717) is 24.4 Å². The summed E-state index contributed by atoms with van der Waals surface area (Å²) in [6.07, 6.45) is 3.37. The second kappa shape index (κ2) is 8.29. The van der Waals surface area contributed by atoms with Gasteiger partial charge in [-0.2, -0.15) is 0 Å². The number of halogens is 3. The van der Waals surface area contributed by atoms with E-state index in [0.717, 1.165) is 31.9 Å². The number of likely N-dealkylation sites (tertiary alicyclic amines) is 1. The first-order valence-electron chi connectivity index (χ1n) is 7.02. The van der Waals surface area contributed by atoms with Crippen LogP contribution >= 0.6 is 12.4 Å². The third kappa shape index (κ3) is 4.93. The summed E-state index contributed by atoms with van der Waals surface area (Å²) in [7, 11) is 0. The Balaban J connectivity index is 0.00000220. The molecule has 1 amide bonds. The van der Waals surface area contributed by atoms with E-state index in [9.17, 15) is 13.6 Å². The van der Waals surface area contributed by atoms with Crippen LogP contribution in [0.3, 0.4) is 0 Å². The van der Waals surface area contributed by atoms with Crippen LogP contribution in [-0.4, -0.2) is 30.4 Å². The summed E-state index contributed by atoms with van der Waals surface area (Å²) in [5.74, 6) is -0.703. The molecule has 21 heavy (non-hydrogen) atoms. The molecule has 2 rings (SSSR count). The van der Waals surface area contributed by atoms with Crippen molar-refractivity contribution in [1.82, 2.24) is 4.90 Å². The molecular formula is C15H21ClF2N2O. The lowest BCUT2D eigenvalue weighted by Gasteiger charge is -2.32. The first-order chi connectivity index (χ1) is 9.60. The molecule has 1 saturated heterocycles. The lowest BCUT2D eigenvalue weighted by atomic mass is 9.91. The molecule has 0 aromatic heterocycles. The van der Waals surface area contributed by atoms with Crippen molar-refractivity contribution in [3.05, 3.63) is 35.4 Å². The van der Waals surface area contributed by atoms with Crippen LogP contribution in [0.5, 0.6) is 0 Å². The van der Waals surface area contributed by atoms with Gasteiger partial charge in [0.1, 0.15) is 11.6 Å². The second-order valence-corrected chi connectivity index (χ2v) is 5.33. The van der Waals surface area contributed by atoms with Crippen LogP contribution in [0.1, 0.15) is 24.8 Å². The Morgan fingerprint density at radius 1 is 1.38 bits per heavy atom. The lowest BCUT2D eigenvalue weighted by Crippen LogP contribution is -2.43. The molecule has 1 aromatic carbocycles. The van der Waals surface area contributed by atoms with Crippen molar-refractivity contribution in [3.63, 3.8) is 0 Å². The second-order valence-electron chi connectivity index (χ2n) is 5.33. The third-order valence-electron chi connectivity index (χ3n) is 3.88. The van der Waals surface area contributed by atoms with Crippen LogP contribution in [0.15, 0.2) is 18.2 Å². The highest BCUT2D eigenvalue weighted by Gasteiger charge is 2.22. The molecule has 0 saturated carbocycles. The smallest absolute Gasteiger partial charge is 0.236 e. The fraction of sp³-hybridized carbons (Fsp3) is 0.533. The number of benzene rings is 1. The highest BCUT2D eigenvalue weighted by atomic mass is 35.5. The molecule has 0 aliphatic carbocycles. The van der Waals surface area contributed by atoms with E-state index < -0.39 is 11.6 Å². The average molecular weight is 319 g/mol. The summed E-state index contributed by atoms with van der Waals surface area (Å²) in [6, 6.07) is 3.69. The summed E-state index contributed by atoms with van der Waals surface area (Å²) >= 11 is 0. The minimum Gasteiger partial charge on any atom is -0.341 e. The number of aryl methyl sites for hydroxylation is 1. The Hall–Kier alpha value is -1.20. The van der Waals surface area contributed by atoms with Gasteiger partial charge in [-0.1, -0.05) is 6.07 Å². The van der Waals surface area contributed by atoms with E-state index in [2.05, 4.69) is 0 Å². The Kier molecular flexibility index (Phi) is 7.05. The molecule has 0 spiro atoms. The molecule has 1 aliphatic heterocycles. The summed E-state index contributed by atoms with van der Waals surface area (Å²) < 4.78 is 26.4. The van der Waals surface area contributed by atoms with Crippen molar-refractivity contribution in [2.45, 2.75) is 25.7 Å². The Labute approximate surface area is 129 Å². The zero-order chi connectivity index (χ0) is 14.5. The number of carbonyl (C=O) groups is 1. The molecule has 0 bridgehead atoms. The SMILES string of the molecule is Cl.NCC(=O)N1CCCC(CCc2ccc(F)cc2F)C1. The molecule has 1 atom stereocenters. The molecular weight excluding hydrogens is 298 g/mol. The van der Waals surface area contributed by atoms with Crippen molar-refractivity contribution in [3.8, 4) is 0 Å². The normalized spacial score (nSPS) is 18.2. The van der Waals surface area contributed by atoms with Gasteiger partial charge in [0.2, 0.25) is 5.91 Å². The van der Waals surface area contributed by atoms with Crippen molar-refractivity contribution >= 4 is 18.3 Å². The molecule has 2 N–H and O–H groups in total. The van der Waals surface area contributed by atoms with Crippen LogP contribution in [0.25, 0.3) is 0 Å². The van der Waals surface area contributed by atoms with Gasteiger partial charge >= 0.3 is 0 Å². The number of nitrogens with two attached hydrogens (primary N) is 1. The van der Waals surface area contributed by atoms with Gasteiger partial charge in [-0.3, -0.25) is 4.79 Å². The topological polar surface area (TPSA) is 46.3 Å². The van der Waals surface area contributed by atoms with E-state index in [1.165, 1.54) is 12.1 Å². The fourth-order valence-corrected chi connectivity index (χ4v) is 2.74. The fourth-order valence-electron chi connectivity index (χ4n) is 2.74. The molecule has 0 radical (unpaired) electrons. The maximum absolute atomic E-state index is 13.5. The van der Waals surface area contributed by atoms with Crippen LogP contribution in [0, 0.1) is 17.6 Å². The molecule has 1 fully saturated rings. The minimum atomic E-state index is -0.552. The van der Waals surface area contributed by atoms with E-state index in [-0.39, 0.29) is 24.9 Å². The molecule has 1 heterocycles. The van der Waals surface area contributed by atoms with Gasteiger partial charge in [-0.25, -0.2) is 8.78 Å². The van der Waals surface area contributed by atoms with Gasteiger partial charge in [0.05, 0.1) is 6.54 Å². The van der Waals surface area contributed by atoms with E-state index in [1.54, 1.807) is 4.90 Å². The van der Waals surface area contributed by atoms with E-state index in [1.807, 2.05) is 0 Å². The Morgan fingerprint density at radius 3 is 2.81 bits per heavy atom. The Morgan fingerprint density at radius 2 is 2.14 bits per heavy atom. The average Bonchev–Trinajstić information content (AvgIpc) is 2.46. The van der Waals surface area contributed by atoms with E-state index >= 15 is 0 Å². The molecule has 118 valence electrons. The van der Waals surface area contributed by atoms with Gasteiger partial charge < -0.3 is 10.6 Å². The molecule has 3 nitrogen and oxygen atoms in total. The maximum Gasteiger partial charge on any atom is 0.236 e. The van der Waals surface area contributed by atoms with Crippen LogP contribution in [0.2, 0.25) is 0 Å². The lowest BCUT2D eigenvalue weighted by molar-refractivity contribution is -0.131. The van der Waals surface area contributed by atoms with Crippen molar-refractivity contribution in [2.75, 3.05) is 19.6 Å². The zero-order valence-corrected chi connectivity index (χ0v) is 12.7. The summed E-state index contributed by atoms with van der Waals surface area (Å²) in [5.41, 5.74) is 5.91.